The molecule has 2 unspecified atom stereocenters. The molecule has 130 valence electrons. The van der Waals surface area contributed by atoms with Crippen LogP contribution in [0.15, 0.2) is 12.3 Å². The highest BCUT2D eigenvalue weighted by molar-refractivity contribution is 6.05. The Hall–Kier alpha value is -2.48. The summed E-state index contributed by atoms with van der Waals surface area (Å²) < 4.78 is 1.77. The van der Waals surface area contributed by atoms with Crippen LogP contribution in [0.2, 0.25) is 0 Å². The molecule has 0 fully saturated rings. The smallest absolute Gasteiger partial charge is 0.337 e. The minimum atomic E-state index is -2.03. The highest BCUT2D eigenvalue weighted by Gasteiger charge is 2.30. The SMILES string of the molecule is CCC(C)n1ncc2c(C(=O)NCC(C)(O)C(=O)O)cc(C)nc21. The minimum Gasteiger partial charge on any atom is -0.479 e. The van der Waals surface area contributed by atoms with Crippen LogP contribution in [-0.2, 0) is 4.79 Å². The molecule has 2 aromatic heterocycles. The molecule has 24 heavy (non-hydrogen) atoms. The average molecular weight is 334 g/mol. The van der Waals surface area contributed by atoms with Gasteiger partial charge in [-0.05, 0) is 33.3 Å². The number of rotatable bonds is 6. The van der Waals surface area contributed by atoms with Gasteiger partial charge in [0.15, 0.2) is 11.2 Å². The normalized spacial score (nSPS) is 15.0. The number of aliphatic carboxylic acids is 1. The number of carboxylic acid groups (broad SMARTS) is 1. The van der Waals surface area contributed by atoms with Crippen molar-refractivity contribution >= 4 is 22.9 Å². The summed E-state index contributed by atoms with van der Waals surface area (Å²) in [5.74, 6) is -1.88. The molecule has 2 heterocycles. The first-order chi connectivity index (χ1) is 11.2. The van der Waals surface area contributed by atoms with Gasteiger partial charge in [-0.2, -0.15) is 5.10 Å². The third-order valence-electron chi connectivity index (χ3n) is 4.00. The van der Waals surface area contributed by atoms with Gasteiger partial charge < -0.3 is 15.5 Å². The fourth-order valence-electron chi connectivity index (χ4n) is 2.25. The van der Waals surface area contributed by atoms with Crippen LogP contribution in [0.5, 0.6) is 0 Å². The zero-order valence-electron chi connectivity index (χ0n) is 14.2. The molecule has 0 aliphatic carbocycles. The molecule has 0 saturated carbocycles. The standard InChI is InChI=1S/C16H22N4O4/c1-5-10(3)20-13-12(7-18-20)11(6-9(2)19-13)14(21)17-8-16(4,24)15(22)23/h6-7,10,24H,5,8H2,1-4H3,(H,17,21)(H,22,23). The summed E-state index contributed by atoms with van der Waals surface area (Å²) in [6.45, 7) is 6.56. The first-order valence-electron chi connectivity index (χ1n) is 7.76. The van der Waals surface area contributed by atoms with Crippen molar-refractivity contribution in [2.24, 2.45) is 0 Å². The van der Waals surface area contributed by atoms with E-state index in [1.165, 1.54) is 0 Å². The number of pyridine rings is 1. The Labute approximate surface area is 139 Å². The second-order valence-electron chi connectivity index (χ2n) is 6.16. The topological polar surface area (TPSA) is 117 Å². The van der Waals surface area contributed by atoms with E-state index in [-0.39, 0.29) is 6.04 Å². The van der Waals surface area contributed by atoms with Crippen molar-refractivity contribution in [3.63, 3.8) is 0 Å². The number of carbonyl (C=O) groups excluding carboxylic acids is 1. The number of nitrogens with one attached hydrogen (secondary N) is 1. The number of hydrogen-bond donors (Lipinski definition) is 3. The lowest BCUT2D eigenvalue weighted by atomic mass is 10.1. The molecule has 0 radical (unpaired) electrons. The number of fused-ring (bicyclic) bond motifs is 1. The predicted octanol–water partition coefficient (Wildman–Crippen LogP) is 1.28. The Morgan fingerprint density at radius 1 is 1.46 bits per heavy atom. The summed E-state index contributed by atoms with van der Waals surface area (Å²) in [7, 11) is 0. The van der Waals surface area contributed by atoms with Crippen molar-refractivity contribution in [2.75, 3.05) is 6.54 Å². The largest absolute Gasteiger partial charge is 0.479 e. The van der Waals surface area contributed by atoms with Gasteiger partial charge >= 0.3 is 5.97 Å². The molecule has 8 heteroatoms. The van der Waals surface area contributed by atoms with Gasteiger partial charge in [0.2, 0.25) is 0 Å². The molecule has 0 bridgehead atoms. The predicted molar refractivity (Wildman–Crippen MR) is 87.9 cm³/mol. The fraction of sp³-hybridized carbons (Fsp3) is 0.500. The van der Waals surface area contributed by atoms with E-state index in [0.717, 1.165) is 13.3 Å². The van der Waals surface area contributed by atoms with Gasteiger partial charge in [0.25, 0.3) is 5.91 Å². The Kier molecular flexibility index (Phi) is 4.88. The summed E-state index contributed by atoms with van der Waals surface area (Å²) in [4.78, 5) is 27.8. The van der Waals surface area contributed by atoms with Gasteiger partial charge in [0, 0.05) is 5.69 Å². The fourth-order valence-corrected chi connectivity index (χ4v) is 2.25. The lowest BCUT2D eigenvalue weighted by molar-refractivity contribution is -0.155. The lowest BCUT2D eigenvalue weighted by Crippen LogP contribution is -2.46. The van der Waals surface area contributed by atoms with Crippen LogP contribution in [0.3, 0.4) is 0 Å². The Bertz CT molecular complexity index is 782. The van der Waals surface area contributed by atoms with Crippen LogP contribution in [0.1, 0.15) is 49.3 Å². The highest BCUT2D eigenvalue weighted by Crippen LogP contribution is 2.22. The van der Waals surface area contributed by atoms with E-state index in [0.29, 0.717) is 22.3 Å². The third kappa shape index (κ3) is 3.38. The van der Waals surface area contributed by atoms with E-state index in [2.05, 4.69) is 15.4 Å². The van der Waals surface area contributed by atoms with Crippen LogP contribution < -0.4 is 5.32 Å². The molecule has 0 aliphatic rings. The van der Waals surface area contributed by atoms with Crippen molar-refractivity contribution < 1.29 is 19.8 Å². The molecule has 2 aromatic rings. The minimum absolute atomic E-state index is 0.139. The van der Waals surface area contributed by atoms with Crippen molar-refractivity contribution in [2.45, 2.75) is 45.8 Å². The summed E-state index contributed by atoms with van der Waals surface area (Å²) in [5.41, 5.74) is -0.409. The van der Waals surface area contributed by atoms with E-state index in [1.54, 1.807) is 23.9 Å². The van der Waals surface area contributed by atoms with Crippen LogP contribution in [-0.4, -0.2) is 49.0 Å². The summed E-state index contributed by atoms with van der Waals surface area (Å²) in [5, 5.41) is 26.0. The van der Waals surface area contributed by atoms with E-state index in [4.69, 9.17) is 5.11 Å². The zero-order chi connectivity index (χ0) is 18.1. The second kappa shape index (κ2) is 6.56. The first-order valence-corrected chi connectivity index (χ1v) is 7.76. The quantitative estimate of drug-likeness (QED) is 0.732. The Balaban J connectivity index is 2.37. The van der Waals surface area contributed by atoms with Gasteiger partial charge in [-0.3, -0.25) is 4.79 Å². The van der Waals surface area contributed by atoms with Gasteiger partial charge in [0.1, 0.15) is 0 Å². The number of carboxylic acids is 1. The van der Waals surface area contributed by atoms with E-state index >= 15 is 0 Å². The number of aryl methyl sites for hydroxylation is 1. The monoisotopic (exact) mass is 334 g/mol. The number of amides is 1. The molecule has 0 aliphatic heterocycles. The van der Waals surface area contributed by atoms with Crippen molar-refractivity contribution in [1.29, 1.82) is 0 Å². The van der Waals surface area contributed by atoms with E-state index in [1.807, 2.05) is 13.8 Å². The molecule has 3 N–H and O–H groups in total. The Morgan fingerprint density at radius 3 is 2.71 bits per heavy atom. The Morgan fingerprint density at radius 2 is 2.12 bits per heavy atom. The van der Waals surface area contributed by atoms with Crippen LogP contribution >= 0.6 is 0 Å². The number of hydrogen-bond acceptors (Lipinski definition) is 5. The van der Waals surface area contributed by atoms with Gasteiger partial charge in [-0.25, -0.2) is 14.5 Å². The van der Waals surface area contributed by atoms with Crippen LogP contribution in [0.25, 0.3) is 11.0 Å². The zero-order valence-corrected chi connectivity index (χ0v) is 14.2. The van der Waals surface area contributed by atoms with Gasteiger partial charge in [-0.15, -0.1) is 0 Å². The van der Waals surface area contributed by atoms with Crippen molar-refractivity contribution in [3.05, 3.63) is 23.5 Å². The molecule has 2 atom stereocenters. The molecule has 8 nitrogen and oxygen atoms in total. The first kappa shape index (κ1) is 17.9. The van der Waals surface area contributed by atoms with E-state index in [9.17, 15) is 14.7 Å². The summed E-state index contributed by atoms with van der Waals surface area (Å²) >= 11 is 0. The van der Waals surface area contributed by atoms with Gasteiger partial charge in [0.05, 0.1) is 29.7 Å². The van der Waals surface area contributed by atoms with E-state index < -0.39 is 24.0 Å². The number of carbonyl (C=O) groups is 2. The molecular weight excluding hydrogens is 312 g/mol. The highest BCUT2D eigenvalue weighted by atomic mass is 16.4. The molecular formula is C16H22N4O4. The average Bonchev–Trinajstić information content (AvgIpc) is 2.94. The summed E-state index contributed by atoms with van der Waals surface area (Å²) in [6.07, 6.45) is 2.45. The van der Waals surface area contributed by atoms with Crippen molar-refractivity contribution in [1.82, 2.24) is 20.1 Å². The molecule has 0 saturated heterocycles. The maximum atomic E-state index is 12.4. The molecule has 2 rings (SSSR count). The molecule has 0 spiro atoms. The molecule has 1 amide bonds. The molecule has 0 aromatic carbocycles. The lowest BCUT2D eigenvalue weighted by Gasteiger charge is -2.18. The number of nitrogens with zero attached hydrogens (tertiary/aromatic N) is 3. The van der Waals surface area contributed by atoms with Gasteiger partial charge in [-0.1, -0.05) is 6.92 Å². The maximum absolute atomic E-state index is 12.4. The van der Waals surface area contributed by atoms with Crippen LogP contribution in [0.4, 0.5) is 0 Å². The van der Waals surface area contributed by atoms with Crippen LogP contribution in [0, 0.1) is 6.92 Å². The maximum Gasteiger partial charge on any atom is 0.337 e. The van der Waals surface area contributed by atoms with Crippen molar-refractivity contribution in [3.8, 4) is 0 Å². The number of aliphatic hydroxyl groups is 1. The third-order valence-corrected chi connectivity index (χ3v) is 4.00. The summed E-state index contributed by atoms with van der Waals surface area (Å²) in [6, 6.07) is 1.76. The number of aromatic nitrogens is 3. The second-order valence-corrected chi connectivity index (χ2v) is 6.16.